The fourth-order valence-electron chi connectivity index (χ4n) is 3.79. The zero-order valence-corrected chi connectivity index (χ0v) is 12.2. The first-order chi connectivity index (χ1) is 10.6. The molecule has 4 heteroatoms. The van der Waals surface area contributed by atoms with E-state index < -0.39 is 0 Å². The average molecular weight is 293 g/mol. The number of H-pyrrole nitrogens is 1. The second kappa shape index (κ2) is 4.44. The van der Waals surface area contributed by atoms with Gasteiger partial charge in [0, 0.05) is 27.4 Å². The molecule has 4 nitrogen and oxygen atoms in total. The van der Waals surface area contributed by atoms with Crippen LogP contribution in [0.2, 0.25) is 0 Å². The number of benzene rings is 2. The molecule has 0 saturated carbocycles. The first-order valence-electron chi connectivity index (χ1n) is 7.40. The molecule has 0 spiro atoms. The van der Waals surface area contributed by atoms with Crippen LogP contribution < -0.4 is 0 Å². The van der Waals surface area contributed by atoms with Gasteiger partial charge in [0.05, 0.1) is 5.52 Å². The molecule has 0 fully saturated rings. The summed E-state index contributed by atoms with van der Waals surface area (Å²) in [5, 5.41) is 11.3. The van der Waals surface area contributed by atoms with Gasteiger partial charge in [0.1, 0.15) is 5.75 Å². The summed E-state index contributed by atoms with van der Waals surface area (Å²) >= 11 is 0. The highest BCUT2D eigenvalue weighted by atomic mass is 16.3. The summed E-state index contributed by atoms with van der Waals surface area (Å²) in [4.78, 5) is 27.2. The van der Waals surface area contributed by atoms with Crippen molar-refractivity contribution in [2.75, 3.05) is 0 Å². The molecule has 0 saturated heterocycles. The fraction of sp³-hybridized carbons (Fsp3) is 0.222. The van der Waals surface area contributed by atoms with Gasteiger partial charge < -0.3 is 10.1 Å². The van der Waals surface area contributed by atoms with Gasteiger partial charge in [-0.25, -0.2) is 0 Å². The molecule has 1 aromatic heterocycles. The van der Waals surface area contributed by atoms with Crippen LogP contribution in [-0.4, -0.2) is 22.2 Å². The van der Waals surface area contributed by atoms with E-state index in [1.807, 2.05) is 0 Å². The smallest absolute Gasteiger partial charge is 0.160 e. The van der Waals surface area contributed by atoms with Crippen molar-refractivity contribution >= 4 is 33.9 Å². The quantitative estimate of drug-likeness (QED) is 0.561. The molecule has 0 aliphatic heterocycles. The summed E-state index contributed by atoms with van der Waals surface area (Å²) in [5.74, 6) is 0.0757. The molecule has 1 aliphatic rings. The minimum absolute atomic E-state index is 0.0725. The number of phenolic OH excluding ortho intramolecular Hbond substituents is 1. The molecule has 0 bridgehead atoms. The SMILES string of the molecule is CC(=O)c1c2c(c3[nH]c4ccc(O)cc4c3c1C=O)CCC2. The summed E-state index contributed by atoms with van der Waals surface area (Å²) in [6, 6.07) is 5.06. The molecule has 1 heterocycles. The third-order valence-electron chi connectivity index (χ3n) is 4.61. The monoisotopic (exact) mass is 293 g/mol. The number of phenols is 1. The van der Waals surface area contributed by atoms with Gasteiger partial charge in [-0.2, -0.15) is 0 Å². The number of nitrogens with one attached hydrogen (secondary N) is 1. The van der Waals surface area contributed by atoms with Crippen molar-refractivity contribution in [1.29, 1.82) is 0 Å². The van der Waals surface area contributed by atoms with Gasteiger partial charge in [0.25, 0.3) is 0 Å². The van der Waals surface area contributed by atoms with E-state index in [0.717, 1.165) is 58.5 Å². The fourth-order valence-corrected chi connectivity index (χ4v) is 3.79. The summed E-state index contributed by atoms with van der Waals surface area (Å²) in [5.41, 5.74) is 4.95. The van der Waals surface area contributed by atoms with Crippen LogP contribution in [0.3, 0.4) is 0 Å². The molecule has 1 aliphatic carbocycles. The molecule has 0 amide bonds. The third-order valence-corrected chi connectivity index (χ3v) is 4.61. The number of hydrogen-bond donors (Lipinski definition) is 2. The standard InChI is InChI=1S/C18H15NO3/c1-9(21)16-11-3-2-4-12(11)18-17(14(16)8-20)13-7-10(22)5-6-15(13)19-18/h5-8,19,22H,2-4H2,1H3. The Morgan fingerprint density at radius 3 is 2.77 bits per heavy atom. The Kier molecular flexibility index (Phi) is 2.64. The predicted octanol–water partition coefficient (Wildman–Crippen LogP) is 3.53. The van der Waals surface area contributed by atoms with Crippen LogP contribution in [0, 0.1) is 0 Å². The number of aromatic amines is 1. The van der Waals surface area contributed by atoms with Crippen LogP contribution in [-0.2, 0) is 12.8 Å². The highest BCUT2D eigenvalue weighted by Gasteiger charge is 2.26. The Labute approximate surface area is 126 Å². The number of hydrogen-bond acceptors (Lipinski definition) is 3. The van der Waals surface area contributed by atoms with Crippen molar-refractivity contribution in [1.82, 2.24) is 4.98 Å². The number of ketones is 1. The number of fused-ring (bicyclic) bond motifs is 5. The normalized spacial score (nSPS) is 13.7. The maximum absolute atomic E-state index is 12.1. The summed E-state index contributed by atoms with van der Waals surface area (Å²) in [6.07, 6.45) is 3.51. The van der Waals surface area contributed by atoms with Crippen LogP contribution >= 0.6 is 0 Å². The van der Waals surface area contributed by atoms with E-state index in [9.17, 15) is 14.7 Å². The van der Waals surface area contributed by atoms with Crippen molar-refractivity contribution in [3.63, 3.8) is 0 Å². The molecule has 0 unspecified atom stereocenters. The lowest BCUT2D eigenvalue weighted by Gasteiger charge is -2.11. The lowest BCUT2D eigenvalue weighted by molar-refractivity contribution is 0.100. The van der Waals surface area contributed by atoms with E-state index in [2.05, 4.69) is 4.98 Å². The third kappa shape index (κ3) is 1.58. The number of aromatic nitrogens is 1. The minimum atomic E-state index is -0.0725. The Hall–Kier alpha value is -2.62. The van der Waals surface area contributed by atoms with E-state index in [1.165, 1.54) is 6.92 Å². The predicted molar refractivity (Wildman–Crippen MR) is 84.9 cm³/mol. The van der Waals surface area contributed by atoms with Gasteiger partial charge in [0.15, 0.2) is 12.1 Å². The van der Waals surface area contributed by atoms with Crippen LogP contribution in [0.25, 0.3) is 21.8 Å². The van der Waals surface area contributed by atoms with E-state index in [4.69, 9.17) is 0 Å². The molecule has 22 heavy (non-hydrogen) atoms. The maximum Gasteiger partial charge on any atom is 0.160 e. The van der Waals surface area contributed by atoms with E-state index in [0.29, 0.717) is 11.1 Å². The van der Waals surface area contributed by atoms with E-state index in [1.54, 1.807) is 18.2 Å². The number of aldehydes is 1. The molecule has 4 rings (SSSR count). The highest BCUT2D eigenvalue weighted by molar-refractivity contribution is 6.20. The van der Waals surface area contributed by atoms with Crippen molar-refractivity contribution < 1.29 is 14.7 Å². The second-order valence-corrected chi connectivity index (χ2v) is 5.88. The van der Waals surface area contributed by atoms with Crippen molar-refractivity contribution in [2.24, 2.45) is 0 Å². The highest BCUT2D eigenvalue weighted by Crippen LogP contribution is 2.39. The molecular formula is C18H15NO3. The van der Waals surface area contributed by atoms with E-state index in [-0.39, 0.29) is 11.5 Å². The van der Waals surface area contributed by atoms with Crippen molar-refractivity contribution in [3.8, 4) is 5.75 Å². The van der Waals surface area contributed by atoms with Crippen LogP contribution in [0.4, 0.5) is 0 Å². The van der Waals surface area contributed by atoms with Gasteiger partial charge in [-0.05, 0) is 55.5 Å². The lowest BCUT2D eigenvalue weighted by Crippen LogP contribution is -2.06. The van der Waals surface area contributed by atoms with Crippen molar-refractivity contribution in [2.45, 2.75) is 26.2 Å². The lowest BCUT2D eigenvalue weighted by atomic mass is 9.91. The maximum atomic E-state index is 12.1. The number of rotatable bonds is 2. The van der Waals surface area contributed by atoms with Gasteiger partial charge in [0.2, 0.25) is 0 Å². The average Bonchev–Trinajstić information content (AvgIpc) is 3.09. The summed E-state index contributed by atoms with van der Waals surface area (Å²) < 4.78 is 0. The van der Waals surface area contributed by atoms with Crippen LogP contribution in [0.1, 0.15) is 45.2 Å². The largest absolute Gasteiger partial charge is 0.508 e. The van der Waals surface area contributed by atoms with Gasteiger partial charge in [-0.1, -0.05) is 0 Å². The summed E-state index contributed by atoms with van der Waals surface area (Å²) in [7, 11) is 0. The topological polar surface area (TPSA) is 70.2 Å². The number of carbonyl (C=O) groups is 2. The van der Waals surface area contributed by atoms with Gasteiger partial charge in [-0.3, -0.25) is 9.59 Å². The second-order valence-electron chi connectivity index (χ2n) is 5.88. The molecule has 2 N–H and O–H groups in total. The molecular weight excluding hydrogens is 278 g/mol. The molecule has 0 atom stereocenters. The zero-order chi connectivity index (χ0) is 15.4. The van der Waals surface area contributed by atoms with Crippen LogP contribution in [0.5, 0.6) is 5.75 Å². The Morgan fingerprint density at radius 2 is 2.05 bits per heavy atom. The number of carbonyl (C=O) groups excluding carboxylic acids is 2. The van der Waals surface area contributed by atoms with E-state index >= 15 is 0 Å². The first-order valence-corrected chi connectivity index (χ1v) is 7.40. The Balaban J connectivity index is 2.30. The number of aryl methyl sites for hydroxylation is 1. The van der Waals surface area contributed by atoms with Gasteiger partial charge >= 0.3 is 0 Å². The first kappa shape index (κ1) is 13.1. The number of Topliss-reactive ketones (excluding diaryl/α,β-unsaturated/α-hetero) is 1. The van der Waals surface area contributed by atoms with Crippen molar-refractivity contribution in [3.05, 3.63) is 40.5 Å². The Morgan fingerprint density at radius 1 is 1.27 bits per heavy atom. The Bertz CT molecular complexity index is 966. The summed E-state index contributed by atoms with van der Waals surface area (Å²) in [6.45, 7) is 1.51. The molecule has 110 valence electrons. The number of aromatic hydroxyl groups is 1. The molecule has 3 aromatic rings. The zero-order valence-electron chi connectivity index (χ0n) is 12.2. The minimum Gasteiger partial charge on any atom is -0.508 e. The van der Waals surface area contributed by atoms with Crippen LogP contribution in [0.15, 0.2) is 18.2 Å². The molecule has 2 aromatic carbocycles. The van der Waals surface area contributed by atoms with Gasteiger partial charge in [-0.15, -0.1) is 0 Å². The molecule has 0 radical (unpaired) electrons.